The monoisotopic (exact) mass is 222 g/mol. The van der Waals surface area contributed by atoms with Crippen LogP contribution in [0.1, 0.15) is 20.3 Å². The van der Waals surface area contributed by atoms with Gasteiger partial charge in [0.25, 0.3) is 10.1 Å². The molecule has 0 amide bonds. The molecular weight excluding hydrogens is 208 g/mol. The molecule has 82 valence electrons. The molecule has 0 bridgehead atoms. The Morgan fingerprint density at radius 1 is 1.50 bits per heavy atom. The molecule has 0 saturated carbocycles. The Bertz CT molecular complexity index is 315. The predicted molar refractivity (Wildman–Crippen MR) is 51.4 cm³/mol. The lowest BCUT2D eigenvalue weighted by atomic mass is 10.3. The SMILES string of the molecule is CC=C(C)C(=O)OCCCS(=O)(=O)O. The minimum Gasteiger partial charge on any atom is -0.462 e. The number of carbonyl (C=O) groups excluding carboxylic acids is 1. The third-order valence-corrected chi connectivity index (χ3v) is 2.34. The lowest BCUT2D eigenvalue weighted by Gasteiger charge is -2.03. The fraction of sp³-hybridized carbons (Fsp3) is 0.625. The van der Waals surface area contributed by atoms with Crippen LogP contribution in [-0.4, -0.2) is 31.3 Å². The van der Waals surface area contributed by atoms with Crippen LogP contribution in [-0.2, 0) is 19.6 Å². The fourth-order valence-electron chi connectivity index (χ4n) is 0.638. The zero-order valence-electron chi connectivity index (χ0n) is 8.19. The Labute approximate surface area is 83.5 Å². The van der Waals surface area contributed by atoms with Crippen LogP contribution in [0.4, 0.5) is 0 Å². The van der Waals surface area contributed by atoms with Crippen LogP contribution in [0.5, 0.6) is 0 Å². The van der Waals surface area contributed by atoms with Crippen LogP contribution < -0.4 is 0 Å². The number of hydrogen-bond acceptors (Lipinski definition) is 4. The highest BCUT2D eigenvalue weighted by Crippen LogP contribution is 1.97. The third-order valence-electron chi connectivity index (χ3n) is 1.53. The van der Waals surface area contributed by atoms with Gasteiger partial charge < -0.3 is 4.74 Å². The van der Waals surface area contributed by atoms with Crippen LogP contribution >= 0.6 is 0 Å². The second kappa shape index (κ2) is 5.77. The second-order valence-corrected chi connectivity index (χ2v) is 4.32. The van der Waals surface area contributed by atoms with Gasteiger partial charge in [-0.15, -0.1) is 0 Å². The van der Waals surface area contributed by atoms with Gasteiger partial charge in [-0.1, -0.05) is 6.08 Å². The highest BCUT2D eigenvalue weighted by molar-refractivity contribution is 7.85. The molecule has 1 N–H and O–H groups in total. The average Bonchev–Trinajstić information content (AvgIpc) is 2.09. The Balaban J connectivity index is 3.72. The molecular formula is C8H14O5S. The largest absolute Gasteiger partial charge is 0.462 e. The van der Waals surface area contributed by atoms with Crippen molar-refractivity contribution in [3.63, 3.8) is 0 Å². The number of carbonyl (C=O) groups is 1. The van der Waals surface area contributed by atoms with Crippen molar-refractivity contribution in [3.05, 3.63) is 11.6 Å². The number of ether oxygens (including phenoxy) is 1. The molecule has 0 unspecified atom stereocenters. The lowest BCUT2D eigenvalue weighted by Crippen LogP contribution is -2.11. The van der Waals surface area contributed by atoms with Crippen molar-refractivity contribution < 1.29 is 22.5 Å². The van der Waals surface area contributed by atoms with E-state index in [-0.39, 0.29) is 13.0 Å². The summed E-state index contributed by atoms with van der Waals surface area (Å²) in [6.45, 7) is 3.30. The van der Waals surface area contributed by atoms with E-state index < -0.39 is 21.8 Å². The Kier molecular flexibility index (Phi) is 5.40. The molecule has 0 aromatic rings. The van der Waals surface area contributed by atoms with Gasteiger partial charge >= 0.3 is 5.97 Å². The summed E-state index contributed by atoms with van der Waals surface area (Å²) in [5.41, 5.74) is 0.469. The summed E-state index contributed by atoms with van der Waals surface area (Å²) in [4.78, 5) is 11.0. The van der Waals surface area contributed by atoms with E-state index in [4.69, 9.17) is 9.29 Å². The molecule has 0 radical (unpaired) electrons. The molecule has 14 heavy (non-hydrogen) atoms. The Hall–Kier alpha value is -0.880. The number of allylic oxidation sites excluding steroid dienone is 1. The van der Waals surface area contributed by atoms with Crippen molar-refractivity contribution in [1.29, 1.82) is 0 Å². The van der Waals surface area contributed by atoms with Crippen molar-refractivity contribution in [3.8, 4) is 0 Å². The first-order valence-electron chi connectivity index (χ1n) is 4.12. The molecule has 0 spiro atoms. The molecule has 0 heterocycles. The van der Waals surface area contributed by atoms with E-state index >= 15 is 0 Å². The Morgan fingerprint density at radius 2 is 2.07 bits per heavy atom. The summed E-state index contributed by atoms with van der Waals surface area (Å²) in [5, 5.41) is 0. The second-order valence-electron chi connectivity index (χ2n) is 2.75. The smallest absolute Gasteiger partial charge is 0.333 e. The summed E-state index contributed by atoms with van der Waals surface area (Å²) in [7, 11) is -3.95. The van der Waals surface area contributed by atoms with Gasteiger partial charge in [0.05, 0.1) is 12.4 Å². The van der Waals surface area contributed by atoms with E-state index in [1.807, 2.05) is 0 Å². The first-order chi connectivity index (χ1) is 6.37. The van der Waals surface area contributed by atoms with E-state index in [2.05, 4.69) is 0 Å². The van der Waals surface area contributed by atoms with E-state index in [1.165, 1.54) is 0 Å². The van der Waals surface area contributed by atoms with Crippen molar-refractivity contribution in [2.45, 2.75) is 20.3 Å². The maximum atomic E-state index is 11.0. The lowest BCUT2D eigenvalue weighted by molar-refractivity contribution is -0.138. The molecule has 5 nitrogen and oxygen atoms in total. The molecule has 0 aliphatic heterocycles. The van der Waals surface area contributed by atoms with Crippen LogP contribution in [0.25, 0.3) is 0 Å². The number of esters is 1. The standard InChI is InChI=1S/C8H14O5S/c1-3-7(2)8(9)13-5-4-6-14(10,11)12/h3H,4-6H2,1-2H3,(H,10,11,12). The molecule has 0 aromatic carbocycles. The molecule has 0 rings (SSSR count). The molecule has 6 heteroatoms. The minimum atomic E-state index is -3.95. The number of rotatable bonds is 5. The van der Waals surface area contributed by atoms with Crippen molar-refractivity contribution in [1.82, 2.24) is 0 Å². The van der Waals surface area contributed by atoms with Gasteiger partial charge in [-0.25, -0.2) is 4.79 Å². The maximum Gasteiger partial charge on any atom is 0.333 e. The van der Waals surface area contributed by atoms with Gasteiger partial charge in [0, 0.05) is 5.57 Å². The first-order valence-corrected chi connectivity index (χ1v) is 5.73. The van der Waals surface area contributed by atoms with Gasteiger partial charge in [0.1, 0.15) is 0 Å². The van der Waals surface area contributed by atoms with Gasteiger partial charge in [-0.3, -0.25) is 4.55 Å². The predicted octanol–water partition coefficient (Wildman–Crippen LogP) is 0.774. The first kappa shape index (κ1) is 13.1. The van der Waals surface area contributed by atoms with Crippen LogP contribution in [0.2, 0.25) is 0 Å². The van der Waals surface area contributed by atoms with Crippen molar-refractivity contribution in [2.24, 2.45) is 0 Å². The van der Waals surface area contributed by atoms with Crippen LogP contribution in [0, 0.1) is 0 Å². The number of hydrogen-bond donors (Lipinski definition) is 1. The molecule has 0 fully saturated rings. The zero-order valence-corrected chi connectivity index (χ0v) is 9.00. The average molecular weight is 222 g/mol. The minimum absolute atomic E-state index is 0.0101. The summed E-state index contributed by atoms with van der Waals surface area (Å²) in [5.74, 6) is -0.863. The van der Waals surface area contributed by atoms with E-state index in [1.54, 1.807) is 19.9 Å². The Morgan fingerprint density at radius 3 is 2.50 bits per heavy atom. The summed E-state index contributed by atoms with van der Waals surface area (Å²) in [6.07, 6.45) is 1.70. The molecule has 0 aromatic heterocycles. The van der Waals surface area contributed by atoms with Gasteiger partial charge in [-0.2, -0.15) is 8.42 Å². The van der Waals surface area contributed by atoms with E-state index in [0.717, 1.165) is 0 Å². The molecule has 0 saturated heterocycles. The normalized spacial score (nSPS) is 12.6. The van der Waals surface area contributed by atoms with Crippen LogP contribution in [0.15, 0.2) is 11.6 Å². The maximum absolute atomic E-state index is 11.0. The summed E-state index contributed by atoms with van der Waals surface area (Å²) in [6, 6.07) is 0. The van der Waals surface area contributed by atoms with Gasteiger partial charge in [0.15, 0.2) is 0 Å². The van der Waals surface area contributed by atoms with Gasteiger partial charge in [-0.05, 0) is 20.3 Å². The van der Waals surface area contributed by atoms with Gasteiger partial charge in [0.2, 0.25) is 0 Å². The molecule has 0 atom stereocenters. The van der Waals surface area contributed by atoms with Crippen molar-refractivity contribution >= 4 is 16.1 Å². The van der Waals surface area contributed by atoms with E-state index in [9.17, 15) is 13.2 Å². The zero-order chi connectivity index (χ0) is 11.2. The summed E-state index contributed by atoms with van der Waals surface area (Å²) >= 11 is 0. The topological polar surface area (TPSA) is 80.7 Å². The molecule has 0 aliphatic rings. The highest BCUT2D eigenvalue weighted by atomic mass is 32.2. The third kappa shape index (κ3) is 6.62. The quantitative estimate of drug-likeness (QED) is 0.321. The van der Waals surface area contributed by atoms with E-state index in [0.29, 0.717) is 5.57 Å². The summed E-state index contributed by atoms with van der Waals surface area (Å²) < 4.78 is 33.6. The van der Waals surface area contributed by atoms with Crippen molar-refractivity contribution in [2.75, 3.05) is 12.4 Å². The molecule has 0 aliphatic carbocycles. The fourth-order valence-corrected chi connectivity index (χ4v) is 1.12. The highest BCUT2D eigenvalue weighted by Gasteiger charge is 2.07. The van der Waals surface area contributed by atoms with Crippen LogP contribution in [0.3, 0.4) is 0 Å².